The van der Waals surface area contributed by atoms with E-state index in [4.69, 9.17) is 0 Å². The molecule has 0 saturated heterocycles. The number of hydrogen-bond acceptors (Lipinski definition) is 3. The smallest absolute Gasteiger partial charge is 0.239 e. The first kappa shape index (κ1) is 15.9. The Kier molecular flexibility index (Phi) is 5.28. The molecule has 21 heavy (non-hydrogen) atoms. The fraction of sp³-hybridized carbons (Fsp3) is 0.500. The van der Waals surface area contributed by atoms with E-state index >= 15 is 0 Å². The monoisotopic (exact) mass is 306 g/mol. The van der Waals surface area contributed by atoms with Crippen LogP contribution < -0.4 is 5.32 Å². The Morgan fingerprint density at radius 2 is 2.10 bits per heavy atom. The summed E-state index contributed by atoms with van der Waals surface area (Å²) in [6, 6.07) is 8.20. The highest BCUT2D eigenvalue weighted by atomic mass is 32.2. The minimum Gasteiger partial charge on any atom is -0.352 e. The van der Waals surface area contributed by atoms with E-state index in [1.165, 1.54) is 10.5 Å². The molecule has 114 valence electrons. The van der Waals surface area contributed by atoms with Crippen molar-refractivity contribution in [3.8, 4) is 0 Å². The highest BCUT2D eigenvalue weighted by Gasteiger charge is 2.31. The minimum atomic E-state index is -0.103. The molecule has 2 rings (SSSR count). The van der Waals surface area contributed by atoms with Crippen LogP contribution in [0.5, 0.6) is 0 Å². The maximum absolute atomic E-state index is 12.6. The topological polar surface area (TPSA) is 49.4 Å². The number of carbonyl (C=O) groups is 2. The van der Waals surface area contributed by atoms with Crippen LogP contribution in [0.25, 0.3) is 0 Å². The second-order valence-electron chi connectivity index (χ2n) is 5.49. The molecule has 0 saturated carbocycles. The van der Waals surface area contributed by atoms with Crippen molar-refractivity contribution in [1.29, 1.82) is 0 Å². The number of likely N-dealkylation sites (N-methyl/N-ethyl adjacent to an activating group) is 1. The molecule has 0 fully saturated rings. The molecule has 5 heteroatoms. The number of thioether (sulfide) groups is 1. The normalized spacial score (nSPS) is 16.7. The number of rotatable bonds is 5. The molecule has 1 aliphatic heterocycles. The van der Waals surface area contributed by atoms with Crippen molar-refractivity contribution in [2.24, 2.45) is 0 Å². The molecule has 0 spiro atoms. The number of hydrogen-bond donors (Lipinski definition) is 1. The van der Waals surface area contributed by atoms with Crippen LogP contribution in [0.15, 0.2) is 29.2 Å². The lowest BCUT2D eigenvalue weighted by Crippen LogP contribution is -2.45. The zero-order valence-corrected chi connectivity index (χ0v) is 13.6. The lowest BCUT2D eigenvalue weighted by atomic mass is 10.1. The Bertz CT molecular complexity index is 506. The SMILES string of the molecule is CCN(CC(=O)NC(C)C)C(=O)[C@H]1Cc2ccccc2S1. The van der Waals surface area contributed by atoms with Crippen LogP contribution in [0, 0.1) is 0 Å². The summed E-state index contributed by atoms with van der Waals surface area (Å²) in [5.74, 6) is -0.0432. The fourth-order valence-corrected chi connectivity index (χ4v) is 3.69. The molecule has 0 bridgehead atoms. The van der Waals surface area contributed by atoms with Gasteiger partial charge in [0.2, 0.25) is 11.8 Å². The molecule has 0 aromatic heterocycles. The third kappa shape index (κ3) is 4.00. The molecule has 1 aromatic carbocycles. The zero-order valence-electron chi connectivity index (χ0n) is 12.8. The number of fused-ring (bicyclic) bond motifs is 1. The van der Waals surface area contributed by atoms with Crippen molar-refractivity contribution < 1.29 is 9.59 Å². The first-order valence-electron chi connectivity index (χ1n) is 7.34. The Labute approximate surface area is 130 Å². The Morgan fingerprint density at radius 3 is 2.71 bits per heavy atom. The van der Waals surface area contributed by atoms with E-state index in [2.05, 4.69) is 17.4 Å². The van der Waals surface area contributed by atoms with Crippen molar-refractivity contribution in [1.82, 2.24) is 10.2 Å². The van der Waals surface area contributed by atoms with Gasteiger partial charge in [-0.25, -0.2) is 0 Å². The van der Waals surface area contributed by atoms with Gasteiger partial charge in [0.15, 0.2) is 0 Å². The Balaban J connectivity index is 1.97. The number of amides is 2. The van der Waals surface area contributed by atoms with E-state index in [9.17, 15) is 9.59 Å². The van der Waals surface area contributed by atoms with E-state index in [1.807, 2.05) is 32.9 Å². The average Bonchev–Trinajstić information content (AvgIpc) is 2.87. The van der Waals surface area contributed by atoms with Crippen molar-refractivity contribution in [3.05, 3.63) is 29.8 Å². The second kappa shape index (κ2) is 6.98. The highest BCUT2D eigenvalue weighted by molar-refractivity contribution is 8.01. The summed E-state index contributed by atoms with van der Waals surface area (Å²) in [4.78, 5) is 27.3. The summed E-state index contributed by atoms with van der Waals surface area (Å²) in [7, 11) is 0. The lowest BCUT2D eigenvalue weighted by Gasteiger charge is -2.23. The summed E-state index contributed by atoms with van der Waals surface area (Å²) < 4.78 is 0. The molecule has 1 aromatic rings. The highest BCUT2D eigenvalue weighted by Crippen LogP contribution is 2.37. The molecule has 4 nitrogen and oxygen atoms in total. The van der Waals surface area contributed by atoms with Crippen LogP contribution in [0.1, 0.15) is 26.3 Å². The predicted octanol–water partition coefficient (Wildman–Crippen LogP) is 2.08. The van der Waals surface area contributed by atoms with Crippen LogP contribution in [0.2, 0.25) is 0 Å². The van der Waals surface area contributed by atoms with Gasteiger partial charge in [-0.1, -0.05) is 18.2 Å². The molecule has 1 aliphatic rings. The van der Waals surface area contributed by atoms with Crippen LogP contribution >= 0.6 is 11.8 Å². The fourth-order valence-electron chi connectivity index (χ4n) is 2.41. The molecule has 1 atom stereocenters. The van der Waals surface area contributed by atoms with Gasteiger partial charge in [-0.15, -0.1) is 11.8 Å². The summed E-state index contributed by atoms with van der Waals surface area (Å²) in [5, 5.41) is 2.73. The van der Waals surface area contributed by atoms with Gasteiger partial charge >= 0.3 is 0 Å². The standard InChI is InChI=1S/C16H22N2O2S/c1-4-18(10-15(19)17-11(2)3)16(20)14-9-12-7-5-6-8-13(12)21-14/h5-8,11,14H,4,9-10H2,1-3H3,(H,17,19)/t14-/m1/s1. The maximum atomic E-state index is 12.6. The van der Waals surface area contributed by atoms with Gasteiger partial charge in [0.05, 0.1) is 11.8 Å². The number of carbonyl (C=O) groups excluding carboxylic acids is 2. The van der Waals surface area contributed by atoms with E-state index in [1.54, 1.807) is 16.7 Å². The molecular weight excluding hydrogens is 284 g/mol. The molecule has 0 aliphatic carbocycles. The third-order valence-corrected chi connectivity index (χ3v) is 4.71. The minimum absolute atomic E-state index is 0.0533. The van der Waals surface area contributed by atoms with E-state index in [0.717, 1.165) is 6.42 Å². The zero-order chi connectivity index (χ0) is 15.4. The van der Waals surface area contributed by atoms with Crippen molar-refractivity contribution >= 4 is 23.6 Å². The van der Waals surface area contributed by atoms with E-state index in [0.29, 0.717) is 6.54 Å². The van der Waals surface area contributed by atoms with Crippen LogP contribution in [0.4, 0.5) is 0 Å². The average molecular weight is 306 g/mol. The summed E-state index contributed by atoms with van der Waals surface area (Å²) in [5.41, 5.74) is 1.23. The van der Waals surface area contributed by atoms with Gasteiger partial charge in [0, 0.05) is 17.5 Å². The van der Waals surface area contributed by atoms with Crippen molar-refractivity contribution in [2.75, 3.05) is 13.1 Å². The van der Waals surface area contributed by atoms with Gasteiger partial charge in [-0.05, 0) is 38.8 Å². The van der Waals surface area contributed by atoms with Crippen molar-refractivity contribution in [3.63, 3.8) is 0 Å². The number of benzene rings is 1. The van der Waals surface area contributed by atoms with E-state index in [-0.39, 0.29) is 29.7 Å². The molecule has 1 heterocycles. The molecule has 0 unspecified atom stereocenters. The van der Waals surface area contributed by atoms with Crippen LogP contribution in [-0.2, 0) is 16.0 Å². The van der Waals surface area contributed by atoms with Gasteiger partial charge < -0.3 is 10.2 Å². The first-order chi connectivity index (χ1) is 10.0. The van der Waals surface area contributed by atoms with E-state index < -0.39 is 0 Å². The summed E-state index contributed by atoms with van der Waals surface area (Å²) in [6.07, 6.45) is 0.752. The first-order valence-corrected chi connectivity index (χ1v) is 8.22. The third-order valence-electron chi connectivity index (χ3n) is 3.40. The molecule has 2 amide bonds. The molecule has 0 radical (unpaired) electrons. The van der Waals surface area contributed by atoms with Crippen molar-refractivity contribution in [2.45, 2.75) is 43.4 Å². The Hall–Kier alpha value is -1.49. The summed E-state index contributed by atoms with van der Waals surface area (Å²) in [6.45, 7) is 6.44. The van der Waals surface area contributed by atoms with Gasteiger partial charge in [0.25, 0.3) is 0 Å². The maximum Gasteiger partial charge on any atom is 0.239 e. The largest absolute Gasteiger partial charge is 0.352 e. The number of nitrogens with zero attached hydrogens (tertiary/aromatic N) is 1. The lowest BCUT2D eigenvalue weighted by molar-refractivity contribution is -0.135. The molecular formula is C16H22N2O2S. The number of nitrogens with one attached hydrogen (secondary N) is 1. The van der Waals surface area contributed by atoms with Gasteiger partial charge in [-0.2, -0.15) is 0 Å². The molecule has 1 N–H and O–H groups in total. The van der Waals surface area contributed by atoms with Gasteiger partial charge in [-0.3, -0.25) is 9.59 Å². The van der Waals surface area contributed by atoms with Gasteiger partial charge in [0.1, 0.15) is 0 Å². The van der Waals surface area contributed by atoms with Crippen LogP contribution in [-0.4, -0.2) is 41.1 Å². The second-order valence-corrected chi connectivity index (χ2v) is 6.74. The Morgan fingerprint density at radius 1 is 1.38 bits per heavy atom. The summed E-state index contributed by atoms with van der Waals surface area (Å²) >= 11 is 1.61. The predicted molar refractivity (Wildman–Crippen MR) is 85.3 cm³/mol. The van der Waals surface area contributed by atoms with Crippen LogP contribution in [0.3, 0.4) is 0 Å². The quantitative estimate of drug-likeness (QED) is 0.906.